The van der Waals surface area contributed by atoms with Crippen LogP contribution in [0.15, 0.2) is 54.6 Å². The van der Waals surface area contributed by atoms with Gasteiger partial charge in [-0.05, 0) is 30.2 Å². The van der Waals surface area contributed by atoms with Crippen LogP contribution in [0.5, 0.6) is 0 Å². The number of carbonyl (C=O) groups is 2. The molecule has 1 aliphatic heterocycles. The third kappa shape index (κ3) is 4.50. The number of nitrogens with zero attached hydrogens (tertiary/aromatic N) is 2. The molecule has 0 bridgehead atoms. The molecular weight excluding hydrogens is 357 g/mol. The molecule has 2 aromatic rings. The summed E-state index contributed by atoms with van der Waals surface area (Å²) < 4.78 is 14.0. The standard InChI is InChI=1S/C22H26FN3O2/c1-16(2)20(24-21(27)17-8-4-3-5-9-17)22(28)26-14-12-25(13-15-26)19-11-7-6-10-18(19)23/h3-11,16,20H,12-15H2,1-2H3,(H,24,27)/t20-/m1/s1. The Morgan fingerprint density at radius 3 is 2.14 bits per heavy atom. The van der Waals surface area contributed by atoms with Gasteiger partial charge in [0.05, 0.1) is 5.69 Å². The second-order valence-corrected chi connectivity index (χ2v) is 7.32. The van der Waals surface area contributed by atoms with Gasteiger partial charge in [0.2, 0.25) is 5.91 Å². The molecule has 2 aromatic carbocycles. The molecule has 1 atom stereocenters. The van der Waals surface area contributed by atoms with Gasteiger partial charge in [-0.3, -0.25) is 9.59 Å². The van der Waals surface area contributed by atoms with Crippen molar-refractivity contribution in [2.75, 3.05) is 31.1 Å². The first-order valence-corrected chi connectivity index (χ1v) is 9.61. The number of hydrogen-bond acceptors (Lipinski definition) is 3. The summed E-state index contributed by atoms with van der Waals surface area (Å²) in [4.78, 5) is 29.2. The van der Waals surface area contributed by atoms with Gasteiger partial charge in [-0.25, -0.2) is 4.39 Å². The van der Waals surface area contributed by atoms with E-state index in [2.05, 4.69) is 5.32 Å². The number of benzene rings is 2. The van der Waals surface area contributed by atoms with E-state index in [4.69, 9.17) is 0 Å². The molecule has 0 spiro atoms. The summed E-state index contributed by atoms with van der Waals surface area (Å²) in [5, 5.41) is 2.88. The zero-order valence-corrected chi connectivity index (χ0v) is 16.3. The summed E-state index contributed by atoms with van der Waals surface area (Å²) in [6.07, 6.45) is 0. The van der Waals surface area contributed by atoms with E-state index in [9.17, 15) is 14.0 Å². The highest BCUT2D eigenvalue weighted by atomic mass is 19.1. The van der Waals surface area contributed by atoms with E-state index in [1.165, 1.54) is 6.07 Å². The predicted molar refractivity (Wildman–Crippen MR) is 108 cm³/mol. The van der Waals surface area contributed by atoms with Crippen molar-refractivity contribution in [3.05, 3.63) is 66.0 Å². The molecule has 1 heterocycles. The molecule has 5 nitrogen and oxygen atoms in total. The van der Waals surface area contributed by atoms with E-state index >= 15 is 0 Å². The molecule has 1 N–H and O–H groups in total. The average Bonchev–Trinajstić information content (AvgIpc) is 2.72. The van der Waals surface area contributed by atoms with Crippen LogP contribution in [-0.2, 0) is 4.79 Å². The normalized spacial score (nSPS) is 15.4. The maximum atomic E-state index is 14.0. The topological polar surface area (TPSA) is 52.7 Å². The average molecular weight is 383 g/mol. The molecule has 0 radical (unpaired) electrons. The van der Waals surface area contributed by atoms with Crippen molar-refractivity contribution in [3.8, 4) is 0 Å². The second kappa shape index (κ2) is 8.87. The number of rotatable bonds is 5. The van der Waals surface area contributed by atoms with Crippen molar-refractivity contribution in [1.29, 1.82) is 0 Å². The third-order valence-electron chi connectivity index (χ3n) is 5.04. The van der Waals surface area contributed by atoms with Crippen molar-refractivity contribution in [1.82, 2.24) is 10.2 Å². The Morgan fingerprint density at radius 1 is 0.929 bits per heavy atom. The zero-order chi connectivity index (χ0) is 20.1. The molecule has 0 aromatic heterocycles. The van der Waals surface area contributed by atoms with Gasteiger partial charge in [0.25, 0.3) is 5.91 Å². The largest absolute Gasteiger partial charge is 0.366 e. The van der Waals surface area contributed by atoms with E-state index in [0.717, 1.165) is 0 Å². The van der Waals surface area contributed by atoms with Gasteiger partial charge in [-0.1, -0.05) is 44.2 Å². The fraction of sp³-hybridized carbons (Fsp3) is 0.364. The quantitative estimate of drug-likeness (QED) is 0.864. The van der Waals surface area contributed by atoms with E-state index in [1.54, 1.807) is 41.3 Å². The summed E-state index contributed by atoms with van der Waals surface area (Å²) in [5.41, 5.74) is 1.10. The molecule has 28 heavy (non-hydrogen) atoms. The Morgan fingerprint density at radius 2 is 1.54 bits per heavy atom. The number of carbonyl (C=O) groups excluding carboxylic acids is 2. The number of hydrogen-bond donors (Lipinski definition) is 1. The molecule has 2 amide bonds. The first-order chi connectivity index (χ1) is 13.5. The molecule has 6 heteroatoms. The fourth-order valence-corrected chi connectivity index (χ4v) is 3.40. The zero-order valence-electron chi connectivity index (χ0n) is 16.3. The van der Waals surface area contributed by atoms with Crippen LogP contribution >= 0.6 is 0 Å². The molecule has 0 unspecified atom stereocenters. The SMILES string of the molecule is CC(C)[C@@H](NC(=O)c1ccccc1)C(=O)N1CCN(c2ccccc2F)CC1. The van der Waals surface area contributed by atoms with Crippen molar-refractivity contribution >= 4 is 17.5 Å². The lowest BCUT2D eigenvalue weighted by molar-refractivity contribution is -0.134. The van der Waals surface area contributed by atoms with Gasteiger partial charge in [0, 0.05) is 31.7 Å². The number of para-hydroxylation sites is 1. The first kappa shape index (κ1) is 19.9. The number of halogens is 1. The van der Waals surface area contributed by atoms with E-state index in [0.29, 0.717) is 37.4 Å². The van der Waals surface area contributed by atoms with Gasteiger partial charge in [0.15, 0.2) is 0 Å². The van der Waals surface area contributed by atoms with Crippen LogP contribution in [-0.4, -0.2) is 48.9 Å². The summed E-state index contributed by atoms with van der Waals surface area (Å²) in [7, 11) is 0. The maximum Gasteiger partial charge on any atom is 0.251 e. The monoisotopic (exact) mass is 383 g/mol. The minimum atomic E-state index is -0.590. The predicted octanol–water partition coefficient (Wildman–Crippen LogP) is 2.93. The smallest absolute Gasteiger partial charge is 0.251 e. The minimum Gasteiger partial charge on any atom is -0.366 e. The van der Waals surface area contributed by atoms with E-state index in [1.807, 2.05) is 30.9 Å². The van der Waals surface area contributed by atoms with Crippen LogP contribution in [0, 0.1) is 11.7 Å². The lowest BCUT2D eigenvalue weighted by atomic mass is 10.0. The molecule has 148 valence electrons. The van der Waals surface area contributed by atoms with Crippen molar-refractivity contribution in [3.63, 3.8) is 0 Å². The highest BCUT2D eigenvalue weighted by Gasteiger charge is 2.31. The number of nitrogens with one attached hydrogen (secondary N) is 1. The third-order valence-corrected chi connectivity index (χ3v) is 5.04. The van der Waals surface area contributed by atoms with Crippen molar-refractivity contribution in [2.24, 2.45) is 5.92 Å². The Bertz CT molecular complexity index is 818. The number of anilines is 1. The summed E-state index contributed by atoms with van der Waals surface area (Å²) >= 11 is 0. The van der Waals surface area contributed by atoms with Crippen LogP contribution < -0.4 is 10.2 Å². The molecule has 1 saturated heterocycles. The van der Waals surface area contributed by atoms with Gasteiger partial charge in [-0.15, -0.1) is 0 Å². The highest BCUT2D eigenvalue weighted by molar-refractivity contribution is 5.97. The Balaban J connectivity index is 1.63. The van der Waals surface area contributed by atoms with Crippen LogP contribution in [0.25, 0.3) is 0 Å². The Kier molecular flexibility index (Phi) is 6.29. The number of piperazine rings is 1. The van der Waals surface area contributed by atoms with Gasteiger partial charge < -0.3 is 15.1 Å². The van der Waals surface area contributed by atoms with Crippen LogP contribution in [0.4, 0.5) is 10.1 Å². The van der Waals surface area contributed by atoms with Gasteiger partial charge >= 0.3 is 0 Å². The van der Waals surface area contributed by atoms with Gasteiger partial charge in [0.1, 0.15) is 11.9 Å². The van der Waals surface area contributed by atoms with E-state index in [-0.39, 0.29) is 23.5 Å². The molecule has 1 aliphatic rings. The van der Waals surface area contributed by atoms with Crippen LogP contribution in [0.2, 0.25) is 0 Å². The second-order valence-electron chi connectivity index (χ2n) is 7.32. The molecule has 0 saturated carbocycles. The molecular formula is C22H26FN3O2. The van der Waals surface area contributed by atoms with Crippen molar-refractivity contribution < 1.29 is 14.0 Å². The Hall–Kier alpha value is -2.89. The molecule has 3 rings (SSSR count). The van der Waals surface area contributed by atoms with Crippen molar-refractivity contribution in [2.45, 2.75) is 19.9 Å². The summed E-state index contributed by atoms with van der Waals surface area (Å²) in [6.45, 7) is 5.95. The molecule has 0 aliphatic carbocycles. The van der Waals surface area contributed by atoms with Crippen LogP contribution in [0.1, 0.15) is 24.2 Å². The highest BCUT2D eigenvalue weighted by Crippen LogP contribution is 2.21. The lowest BCUT2D eigenvalue weighted by Crippen LogP contribution is -2.56. The lowest BCUT2D eigenvalue weighted by Gasteiger charge is -2.38. The maximum absolute atomic E-state index is 14.0. The molecule has 1 fully saturated rings. The Labute approximate surface area is 165 Å². The van der Waals surface area contributed by atoms with Crippen LogP contribution in [0.3, 0.4) is 0 Å². The number of amides is 2. The minimum absolute atomic E-state index is 0.0373. The fourth-order valence-electron chi connectivity index (χ4n) is 3.40. The van der Waals surface area contributed by atoms with Gasteiger partial charge in [-0.2, -0.15) is 0 Å². The first-order valence-electron chi connectivity index (χ1n) is 9.61. The van der Waals surface area contributed by atoms with E-state index < -0.39 is 6.04 Å². The summed E-state index contributed by atoms with van der Waals surface area (Å²) in [5.74, 6) is -0.632. The summed E-state index contributed by atoms with van der Waals surface area (Å²) in [6, 6.07) is 15.0.